The molecule has 1 heterocycles. The van der Waals surface area contributed by atoms with E-state index in [4.69, 9.17) is 4.74 Å². The van der Waals surface area contributed by atoms with Crippen molar-refractivity contribution >= 4 is 28.4 Å². The molecule has 0 spiro atoms. The smallest absolute Gasteiger partial charge is 0.267 e. The molecule has 2 aromatic carbocycles. The van der Waals surface area contributed by atoms with Crippen LogP contribution in [0.1, 0.15) is 26.4 Å². The zero-order chi connectivity index (χ0) is 18.5. The molecule has 3 aromatic rings. The fourth-order valence-corrected chi connectivity index (χ4v) is 2.60. The number of hydrogen-bond acceptors (Lipinski definition) is 3. The van der Waals surface area contributed by atoms with Crippen LogP contribution in [0.3, 0.4) is 0 Å². The van der Waals surface area contributed by atoms with E-state index in [9.17, 15) is 9.59 Å². The van der Waals surface area contributed by atoms with E-state index in [1.54, 1.807) is 31.4 Å². The van der Waals surface area contributed by atoms with Crippen molar-refractivity contribution in [3.63, 3.8) is 0 Å². The Morgan fingerprint density at radius 1 is 1.04 bits per heavy atom. The maximum Gasteiger partial charge on any atom is 0.267 e. The number of rotatable bonds is 6. The molecule has 6 heteroatoms. The zero-order valence-corrected chi connectivity index (χ0v) is 14.8. The van der Waals surface area contributed by atoms with Crippen molar-refractivity contribution in [1.29, 1.82) is 0 Å². The summed E-state index contributed by atoms with van der Waals surface area (Å²) >= 11 is 0. The van der Waals surface area contributed by atoms with Crippen molar-refractivity contribution in [3.8, 4) is 0 Å². The van der Waals surface area contributed by atoms with Crippen LogP contribution in [0.25, 0.3) is 10.9 Å². The summed E-state index contributed by atoms with van der Waals surface area (Å²) in [7, 11) is 1.58. The zero-order valence-electron chi connectivity index (χ0n) is 14.8. The van der Waals surface area contributed by atoms with Crippen LogP contribution in [-0.4, -0.2) is 37.1 Å². The topological polar surface area (TPSA) is 83.2 Å². The summed E-state index contributed by atoms with van der Waals surface area (Å²) in [4.78, 5) is 27.5. The maximum atomic E-state index is 12.3. The highest BCUT2D eigenvalue weighted by atomic mass is 16.5. The first kappa shape index (κ1) is 17.7. The average Bonchev–Trinajstić information content (AvgIpc) is 3.06. The molecule has 26 heavy (non-hydrogen) atoms. The van der Waals surface area contributed by atoms with Crippen LogP contribution in [0, 0.1) is 6.92 Å². The minimum Gasteiger partial charge on any atom is -0.383 e. The number of aryl methyl sites for hydroxylation is 1. The molecule has 3 rings (SSSR count). The minimum atomic E-state index is -0.191. The number of fused-ring (bicyclic) bond motifs is 1. The van der Waals surface area contributed by atoms with Crippen LogP contribution in [0.5, 0.6) is 0 Å². The molecule has 0 atom stereocenters. The Labute approximate surface area is 151 Å². The van der Waals surface area contributed by atoms with E-state index in [0.29, 0.717) is 30.1 Å². The van der Waals surface area contributed by atoms with Gasteiger partial charge in [0.25, 0.3) is 11.8 Å². The number of benzene rings is 2. The number of anilines is 1. The highest BCUT2D eigenvalue weighted by Crippen LogP contribution is 2.21. The van der Waals surface area contributed by atoms with Crippen LogP contribution < -0.4 is 10.6 Å². The molecular weight excluding hydrogens is 330 g/mol. The van der Waals surface area contributed by atoms with Gasteiger partial charge in [-0.05, 0) is 43.3 Å². The van der Waals surface area contributed by atoms with Crippen LogP contribution >= 0.6 is 0 Å². The second kappa shape index (κ2) is 7.84. The van der Waals surface area contributed by atoms with Crippen molar-refractivity contribution in [2.45, 2.75) is 6.92 Å². The Morgan fingerprint density at radius 3 is 2.54 bits per heavy atom. The molecule has 3 N–H and O–H groups in total. The number of aromatic nitrogens is 1. The van der Waals surface area contributed by atoms with E-state index in [1.807, 2.05) is 31.2 Å². The van der Waals surface area contributed by atoms with Gasteiger partial charge in [0.05, 0.1) is 6.61 Å². The monoisotopic (exact) mass is 351 g/mol. The van der Waals surface area contributed by atoms with Gasteiger partial charge in [-0.3, -0.25) is 9.59 Å². The summed E-state index contributed by atoms with van der Waals surface area (Å²) in [6.07, 6.45) is 0. The van der Waals surface area contributed by atoms with Crippen LogP contribution in [-0.2, 0) is 4.74 Å². The first-order valence-corrected chi connectivity index (χ1v) is 8.35. The third-order valence-electron chi connectivity index (χ3n) is 4.03. The molecule has 0 bridgehead atoms. The lowest BCUT2D eigenvalue weighted by Gasteiger charge is -2.05. The third-order valence-corrected chi connectivity index (χ3v) is 4.03. The van der Waals surface area contributed by atoms with E-state index in [-0.39, 0.29) is 11.8 Å². The SMILES string of the molecule is COCCNC(=O)c1cc2cc(NC(=O)c3ccc(C)cc3)ccc2[nH]1. The standard InChI is InChI=1S/C20H21N3O3/c1-13-3-5-14(6-4-13)19(24)22-16-7-8-17-15(11-16)12-18(23-17)20(25)21-9-10-26-2/h3-8,11-12,23H,9-10H2,1-2H3,(H,21,25)(H,22,24). The number of carbonyl (C=O) groups excluding carboxylic acids is 2. The summed E-state index contributed by atoms with van der Waals surface area (Å²) in [6, 6.07) is 14.6. The number of carbonyl (C=O) groups is 2. The van der Waals surface area contributed by atoms with Gasteiger partial charge in [-0.15, -0.1) is 0 Å². The normalized spacial score (nSPS) is 10.7. The van der Waals surface area contributed by atoms with Crippen LogP contribution in [0.2, 0.25) is 0 Å². The molecule has 134 valence electrons. The summed E-state index contributed by atoms with van der Waals surface area (Å²) in [5.41, 5.74) is 3.68. The number of amides is 2. The van der Waals surface area contributed by atoms with Gasteiger partial charge in [0.1, 0.15) is 5.69 Å². The second-order valence-corrected chi connectivity index (χ2v) is 6.05. The molecule has 0 fully saturated rings. The van der Waals surface area contributed by atoms with E-state index < -0.39 is 0 Å². The van der Waals surface area contributed by atoms with E-state index in [0.717, 1.165) is 16.5 Å². The van der Waals surface area contributed by atoms with Gasteiger partial charge in [-0.25, -0.2) is 0 Å². The lowest BCUT2D eigenvalue weighted by Crippen LogP contribution is -2.27. The summed E-state index contributed by atoms with van der Waals surface area (Å²) in [5.74, 6) is -0.360. The number of H-pyrrole nitrogens is 1. The summed E-state index contributed by atoms with van der Waals surface area (Å²) in [6.45, 7) is 2.88. The molecule has 6 nitrogen and oxygen atoms in total. The van der Waals surface area contributed by atoms with E-state index in [1.165, 1.54) is 0 Å². The number of ether oxygens (including phenoxy) is 1. The molecule has 0 aliphatic rings. The Balaban J connectivity index is 1.73. The molecule has 0 radical (unpaired) electrons. The van der Waals surface area contributed by atoms with E-state index >= 15 is 0 Å². The first-order chi connectivity index (χ1) is 12.6. The van der Waals surface area contributed by atoms with Crippen molar-refractivity contribution < 1.29 is 14.3 Å². The fraction of sp³-hybridized carbons (Fsp3) is 0.200. The Bertz CT molecular complexity index is 929. The summed E-state index contributed by atoms with van der Waals surface area (Å²) < 4.78 is 4.92. The molecule has 0 unspecified atom stereocenters. The third kappa shape index (κ3) is 4.10. The van der Waals surface area contributed by atoms with Gasteiger partial charge < -0.3 is 20.4 Å². The van der Waals surface area contributed by atoms with Gasteiger partial charge in [0.15, 0.2) is 0 Å². The largest absolute Gasteiger partial charge is 0.383 e. The average molecular weight is 351 g/mol. The molecule has 0 saturated heterocycles. The first-order valence-electron chi connectivity index (χ1n) is 8.35. The van der Waals surface area contributed by atoms with Gasteiger partial charge in [0, 0.05) is 35.8 Å². The number of nitrogens with one attached hydrogen (secondary N) is 3. The molecule has 0 aliphatic heterocycles. The Hall–Kier alpha value is -3.12. The predicted molar refractivity (Wildman–Crippen MR) is 102 cm³/mol. The summed E-state index contributed by atoms with van der Waals surface area (Å²) in [5, 5.41) is 6.50. The second-order valence-electron chi connectivity index (χ2n) is 6.05. The van der Waals surface area contributed by atoms with Gasteiger partial charge >= 0.3 is 0 Å². The number of hydrogen-bond donors (Lipinski definition) is 3. The molecular formula is C20H21N3O3. The van der Waals surface area contributed by atoms with Crippen molar-refractivity contribution in [1.82, 2.24) is 10.3 Å². The quantitative estimate of drug-likeness (QED) is 0.597. The van der Waals surface area contributed by atoms with Gasteiger partial charge in [0.2, 0.25) is 0 Å². The molecule has 2 amide bonds. The van der Waals surface area contributed by atoms with Crippen molar-refractivity contribution in [3.05, 3.63) is 65.4 Å². The fourth-order valence-electron chi connectivity index (χ4n) is 2.60. The van der Waals surface area contributed by atoms with Crippen molar-refractivity contribution in [2.24, 2.45) is 0 Å². The predicted octanol–water partition coefficient (Wildman–Crippen LogP) is 3.10. The van der Waals surface area contributed by atoms with Gasteiger partial charge in [-0.1, -0.05) is 17.7 Å². The maximum absolute atomic E-state index is 12.3. The highest BCUT2D eigenvalue weighted by Gasteiger charge is 2.11. The minimum absolute atomic E-state index is 0.169. The van der Waals surface area contributed by atoms with Crippen molar-refractivity contribution in [2.75, 3.05) is 25.6 Å². The van der Waals surface area contributed by atoms with Crippen LogP contribution in [0.4, 0.5) is 5.69 Å². The lowest BCUT2D eigenvalue weighted by atomic mass is 10.1. The van der Waals surface area contributed by atoms with Gasteiger partial charge in [-0.2, -0.15) is 0 Å². The van der Waals surface area contributed by atoms with E-state index in [2.05, 4.69) is 15.6 Å². The molecule has 0 saturated carbocycles. The highest BCUT2D eigenvalue weighted by molar-refractivity contribution is 6.05. The number of aromatic amines is 1. The number of methoxy groups -OCH3 is 1. The van der Waals surface area contributed by atoms with Crippen LogP contribution in [0.15, 0.2) is 48.5 Å². The molecule has 1 aromatic heterocycles. The lowest BCUT2D eigenvalue weighted by molar-refractivity contribution is 0.0932. The Morgan fingerprint density at radius 2 is 1.81 bits per heavy atom. The molecule has 0 aliphatic carbocycles. The Kier molecular flexibility index (Phi) is 5.34.